The van der Waals surface area contributed by atoms with Gasteiger partial charge >= 0.3 is 0 Å². The van der Waals surface area contributed by atoms with Crippen molar-refractivity contribution >= 4 is 73.8 Å². The minimum atomic E-state index is -2.44. The fourth-order valence-electron chi connectivity index (χ4n) is 4.62. The molecule has 0 spiro atoms. The first-order chi connectivity index (χ1) is 18.5. The van der Waals surface area contributed by atoms with Crippen LogP contribution in [0, 0.1) is 0 Å². The first kappa shape index (κ1) is 26.5. The van der Waals surface area contributed by atoms with Gasteiger partial charge in [0, 0.05) is 23.1 Å². The van der Waals surface area contributed by atoms with Crippen molar-refractivity contribution in [2.45, 2.75) is 0 Å². The molecule has 0 atom stereocenters. The Bertz CT molecular complexity index is 1540. The normalized spacial score (nSPS) is 11.6. The monoisotopic (exact) mass is 567 g/mol. The van der Waals surface area contributed by atoms with Gasteiger partial charge in [0.05, 0.1) is 6.16 Å². The molecule has 5 aromatic rings. The van der Waals surface area contributed by atoms with Crippen LogP contribution in [0.1, 0.15) is 0 Å². The summed E-state index contributed by atoms with van der Waals surface area (Å²) < 4.78 is 0. The second-order valence-corrected chi connectivity index (χ2v) is 18.0. The van der Waals surface area contributed by atoms with Crippen LogP contribution in [0.4, 0.5) is 5.69 Å². The average molecular weight is 568 g/mol. The summed E-state index contributed by atoms with van der Waals surface area (Å²) in [6.45, 7) is 0. The van der Waals surface area contributed by atoms with Gasteiger partial charge in [-0.15, -0.1) is 0 Å². The number of nitrogens with one attached hydrogen (secondary N) is 1. The highest BCUT2D eigenvalue weighted by Crippen LogP contribution is 2.46. The second-order valence-electron chi connectivity index (χ2n) is 8.91. The summed E-state index contributed by atoms with van der Waals surface area (Å²) >= 11 is 12.9. The molecule has 0 heterocycles. The summed E-state index contributed by atoms with van der Waals surface area (Å²) in [7, 11) is 0. The molecule has 0 aliphatic rings. The lowest BCUT2D eigenvalue weighted by Crippen LogP contribution is -2.30. The van der Waals surface area contributed by atoms with Crippen molar-refractivity contribution in [2.24, 2.45) is 0 Å². The number of benzene rings is 5. The Labute approximate surface area is 234 Å². The Kier molecular flexibility index (Phi) is 8.17. The molecule has 1 N–H and O–H groups in total. The summed E-state index contributed by atoms with van der Waals surface area (Å²) in [6.07, 6.45) is 0.226. The van der Waals surface area contributed by atoms with E-state index in [1.54, 1.807) is 0 Å². The molecule has 0 saturated heterocycles. The van der Waals surface area contributed by atoms with Crippen LogP contribution < -0.4 is 31.8 Å². The van der Waals surface area contributed by atoms with E-state index in [2.05, 4.69) is 35.6 Å². The molecule has 0 fully saturated rings. The van der Waals surface area contributed by atoms with E-state index in [0.29, 0.717) is 0 Å². The quantitative estimate of drug-likeness (QED) is 0.251. The molecule has 0 aromatic heterocycles. The molecule has 188 valence electrons. The van der Waals surface area contributed by atoms with E-state index in [1.807, 2.05) is 115 Å². The van der Waals surface area contributed by atoms with Gasteiger partial charge in [-0.3, -0.25) is 4.79 Å². The minimum Gasteiger partial charge on any atom is -0.325 e. The molecule has 0 aliphatic carbocycles. The van der Waals surface area contributed by atoms with Gasteiger partial charge in [-0.05, 0) is 27.3 Å². The van der Waals surface area contributed by atoms with Gasteiger partial charge in [0.2, 0.25) is 5.91 Å². The van der Waals surface area contributed by atoms with Gasteiger partial charge in [0.15, 0.2) is 0 Å². The maximum Gasteiger partial charge on any atom is 0.230 e. The lowest BCUT2D eigenvalue weighted by molar-refractivity contribution is -0.113. The third kappa shape index (κ3) is 5.37. The summed E-state index contributed by atoms with van der Waals surface area (Å²) in [5.74, 6) is -0.101. The van der Waals surface area contributed by atoms with Crippen molar-refractivity contribution in [3.63, 3.8) is 0 Å². The van der Waals surface area contributed by atoms with Crippen LogP contribution in [0.2, 0.25) is 0 Å². The van der Waals surface area contributed by atoms with Gasteiger partial charge in [-0.1, -0.05) is 163 Å². The number of carbonyl (C=O) groups is 1. The highest BCUT2D eigenvalue weighted by Gasteiger charge is 2.29. The van der Waals surface area contributed by atoms with Crippen LogP contribution in [0.3, 0.4) is 0 Å². The molecule has 1 amide bonds. The Hall–Kier alpha value is -3.13. The Morgan fingerprint density at radius 1 is 0.526 bits per heavy atom. The number of para-hydroxylation sites is 1. The lowest BCUT2D eigenvalue weighted by Gasteiger charge is -2.27. The largest absolute Gasteiger partial charge is 0.325 e. The third-order valence-electron chi connectivity index (χ3n) is 6.47. The van der Waals surface area contributed by atoms with Gasteiger partial charge in [-0.25, -0.2) is 0 Å². The predicted molar refractivity (Wildman–Crippen MR) is 172 cm³/mol. The van der Waals surface area contributed by atoms with Crippen molar-refractivity contribution < 1.29 is 4.79 Å². The number of amides is 1. The van der Waals surface area contributed by atoms with Crippen LogP contribution in [0.15, 0.2) is 146 Å². The van der Waals surface area contributed by atoms with E-state index in [0.717, 1.165) is 32.2 Å². The van der Waals surface area contributed by atoms with Gasteiger partial charge in [-0.2, -0.15) is 0 Å². The lowest BCUT2D eigenvalue weighted by atomic mass is 10.3. The summed E-state index contributed by atoms with van der Waals surface area (Å²) in [4.78, 5) is 13.8. The molecular weight excluding hydrogens is 540 g/mol. The standard InChI is InChI=1S/C32H27NOP2S2/c34-32(25-35(37,26-15-5-1-6-16-26)27-17-7-2-8-18-27)33-30-23-13-14-24-31(30)36(38,28-19-9-3-10-20-28)29-21-11-4-12-22-29/h1-24H,25H2,(H,33,34). The van der Waals surface area contributed by atoms with Crippen molar-refractivity contribution in [3.05, 3.63) is 146 Å². The molecule has 6 heteroatoms. The molecule has 5 rings (SSSR count). The Morgan fingerprint density at radius 2 is 0.895 bits per heavy atom. The maximum absolute atomic E-state index is 13.8. The van der Waals surface area contributed by atoms with Gasteiger partial charge < -0.3 is 5.32 Å². The van der Waals surface area contributed by atoms with Crippen molar-refractivity contribution in [3.8, 4) is 0 Å². The molecule has 0 aliphatic heterocycles. The summed E-state index contributed by atoms with van der Waals surface area (Å²) in [5, 5.41) is 8.43. The number of hydrogen-bond acceptors (Lipinski definition) is 3. The zero-order valence-corrected chi connectivity index (χ0v) is 24.1. The molecule has 5 aromatic carbocycles. The van der Waals surface area contributed by atoms with Crippen LogP contribution in [0.5, 0.6) is 0 Å². The molecule has 0 radical (unpaired) electrons. The molecule has 2 nitrogen and oxygen atoms in total. The summed E-state index contributed by atoms with van der Waals surface area (Å²) in [5.41, 5.74) is 0.746. The molecule has 0 unspecified atom stereocenters. The zero-order chi connectivity index (χ0) is 26.4. The number of carbonyl (C=O) groups excluding carboxylic acids is 1. The Morgan fingerprint density at radius 3 is 1.34 bits per heavy atom. The van der Waals surface area contributed by atoms with E-state index < -0.39 is 12.1 Å². The van der Waals surface area contributed by atoms with Crippen LogP contribution in [-0.2, 0) is 28.4 Å². The highest BCUT2D eigenvalue weighted by molar-refractivity contribution is 8.25. The van der Waals surface area contributed by atoms with Crippen LogP contribution in [0.25, 0.3) is 0 Å². The van der Waals surface area contributed by atoms with Gasteiger partial charge in [0.1, 0.15) is 0 Å². The molecule has 0 bridgehead atoms. The predicted octanol–water partition coefficient (Wildman–Crippen LogP) is 5.51. The van der Waals surface area contributed by atoms with Crippen LogP contribution >= 0.6 is 12.1 Å². The van der Waals surface area contributed by atoms with E-state index in [-0.39, 0.29) is 12.1 Å². The van der Waals surface area contributed by atoms with Crippen LogP contribution in [-0.4, -0.2) is 12.1 Å². The zero-order valence-electron chi connectivity index (χ0n) is 20.7. The van der Waals surface area contributed by atoms with Crippen molar-refractivity contribution in [2.75, 3.05) is 11.5 Å². The van der Waals surface area contributed by atoms with Gasteiger partial charge in [0.25, 0.3) is 0 Å². The number of anilines is 1. The molecular formula is C32H27NOP2S2. The van der Waals surface area contributed by atoms with E-state index in [1.165, 1.54) is 0 Å². The topological polar surface area (TPSA) is 29.1 Å². The van der Waals surface area contributed by atoms with E-state index in [4.69, 9.17) is 23.6 Å². The first-order valence-corrected chi connectivity index (χ1v) is 18.1. The highest BCUT2D eigenvalue weighted by atomic mass is 32.4. The number of rotatable bonds is 8. The smallest absolute Gasteiger partial charge is 0.230 e. The van der Waals surface area contributed by atoms with Crippen molar-refractivity contribution in [1.29, 1.82) is 0 Å². The average Bonchev–Trinajstić information content (AvgIpc) is 2.99. The third-order valence-corrected chi connectivity index (χ3v) is 16.1. The SMILES string of the molecule is O=C(CP(=S)(c1ccccc1)c1ccccc1)Nc1ccccc1P(=S)(c1ccccc1)c1ccccc1. The molecule has 38 heavy (non-hydrogen) atoms. The van der Waals surface area contributed by atoms with E-state index in [9.17, 15) is 4.79 Å². The fraction of sp³-hybridized carbons (Fsp3) is 0.0312. The molecule has 0 saturated carbocycles. The number of hydrogen-bond donors (Lipinski definition) is 1. The Balaban J connectivity index is 1.55. The second kappa shape index (κ2) is 11.7. The summed E-state index contributed by atoms with van der Waals surface area (Å²) in [6, 6.07) is 43.7. The minimum absolute atomic E-state index is 0.101. The van der Waals surface area contributed by atoms with Crippen molar-refractivity contribution in [1.82, 2.24) is 0 Å². The van der Waals surface area contributed by atoms with E-state index >= 15 is 0 Å². The maximum atomic E-state index is 13.8. The first-order valence-electron chi connectivity index (χ1n) is 12.3. The fourth-order valence-corrected chi connectivity index (χ4v) is 12.2.